The Morgan fingerprint density at radius 3 is 2.14 bits per heavy atom. The Labute approximate surface area is 126 Å². The molecule has 21 heavy (non-hydrogen) atoms. The van der Waals surface area contributed by atoms with E-state index in [1.165, 1.54) is 7.05 Å². The van der Waals surface area contributed by atoms with Crippen molar-refractivity contribution in [3.05, 3.63) is 29.8 Å². The molecule has 2 rings (SSSR count). The molecule has 114 valence electrons. The van der Waals surface area contributed by atoms with Gasteiger partial charge in [-0.2, -0.15) is 0 Å². The number of hydrogen-bond acceptors (Lipinski definition) is 4. The van der Waals surface area contributed by atoms with Crippen LogP contribution in [0.5, 0.6) is 0 Å². The fraction of sp³-hybridized carbons (Fsp3) is 0.533. The fourth-order valence-corrected chi connectivity index (χ4v) is 1.97. The third-order valence-corrected chi connectivity index (χ3v) is 4.08. The second-order valence-corrected chi connectivity index (χ2v) is 6.16. The van der Waals surface area contributed by atoms with E-state index in [1.54, 1.807) is 0 Å². The van der Waals surface area contributed by atoms with E-state index in [0.717, 1.165) is 11.0 Å². The third kappa shape index (κ3) is 3.39. The average molecular weight is 291 g/mol. The van der Waals surface area contributed by atoms with Crippen LogP contribution in [0, 0.1) is 0 Å². The second-order valence-electron chi connectivity index (χ2n) is 6.16. The van der Waals surface area contributed by atoms with Crippen molar-refractivity contribution < 1.29 is 18.8 Å². The number of nitrogens with one attached hydrogen (secondary N) is 1. The van der Waals surface area contributed by atoms with Crippen molar-refractivity contribution in [2.24, 2.45) is 0 Å². The van der Waals surface area contributed by atoms with Gasteiger partial charge in [-0.15, -0.1) is 0 Å². The van der Waals surface area contributed by atoms with Crippen LogP contribution in [0.1, 0.15) is 33.3 Å². The SMILES string of the molecule is CNC(=O)OCc1ccc(B2OC(C)(C)C(C)(C)O2)cc1. The van der Waals surface area contributed by atoms with Crippen LogP contribution in [0.2, 0.25) is 0 Å². The highest BCUT2D eigenvalue weighted by Crippen LogP contribution is 2.36. The summed E-state index contributed by atoms with van der Waals surface area (Å²) < 4.78 is 17.0. The standard InChI is InChI=1S/C15H22BNO4/c1-14(2)15(3,4)21-16(20-14)12-8-6-11(7-9-12)10-19-13(18)17-5/h6-9H,10H2,1-5H3,(H,17,18). The maximum Gasteiger partial charge on any atom is 0.494 e. The number of benzene rings is 1. The molecule has 0 saturated carbocycles. The molecule has 6 heteroatoms. The van der Waals surface area contributed by atoms with Crippen LogP contribution < -0.4 is 10.8 Å². The van der Waals surface area contributed by atoms with Crippen molar-refractivity contribution in [1.29, 1.82) is 0 Å². The molecular weight excluding hydrogens is 269 g/mol. The summed E-state index contributed by atoms with van der Waals surface area (Å²) in [4.78, 5) is 11.0. The Hall–Kier alpha value is -1.53. The van der Waals surface area contributed by atoms with Gasteiger partial charge < -0.3 is 19.4 Å². The maximum absolute atomic E-state index is 11.0. The van der Waals surface area contributed by atoms with Crippen LogP contribution in [0.4, 0.5) is 4.79 Å². The van der Waals surface area contributed by atoms with Crippen LogP contribution in [-0.2, 0) is 20.7 Å². The number of rotatable bonds is 3. The number of carbonyl (C=O) groups excluding carboxylic acids is 1. The number of hydrogen-bond donors (Lipinski definition) is 1. The molecule has 1 aromatic rings. The quantitative estimate of drug-likeness (QED) is 0.863. The minimum absolute atomic E-state index is 0.239. The number of carbonyl (C=O) groups is 1. The zero-order valence-electron chi connectivity index (χ0n) is 13.2. The smallest absolute Gasteiger partial charge is 0.445 e. The molecule has 0 unspecified atom stereocenters. The summed E-state index contributed by atoms with van der Waals surface area (Å²) >= 11 is 0. The van der Waals surface area contributed by atoms with Gasteiger partial charge in [-0.25, -0.2) is 4.79 Å². The Bertz CT molecular complexity index is 497. The van der Waals surface area contributed by atoms with Gasteiger partial charge in [-0.3, -0.25) is 0 Å². The molecule has 0 bridgehead atoms. The highest BCUT2D eigenvalue weighted by atomic mass is 16.7. The van der Waals surface area contributed by atoms with Gasteiger partial charge in [0.2, 0.25) is 0 Å². The minimum atomic E-state index is -0.440. The van der Waals surface area contributed by atoms with Crippen molar-refractivity contribution in [3.63, 3.8) is 0 Å². The van der Waals surface area contributed by atoms with Gasteiger partial charge in [-0.05, 0) is 38.7 Å². The maximum atomic E-state index is 11.0. The van der Waals surface area contributed by atoms with E-state index < -0.39 is 6.09 Å². The lowest BCUT2D eigenvalue weighted by molar-refractivity contribution is 0.00578. The molecule has 0 aromatic heterocycles. The first-order valence-corrected chi connectivity index (χ1v) is 7.04. The van der Waals surface area contributed by atoms with Crippen molar-refractivity contribution in [1.82, 2.24) is 5.32 Å². The van der Waals surface area contributed by atoms with Crippen molar-refractivity contribution in [2.75, 3.05) is 7.05 Å². The normalized spacial score (nSPS) is 19.4. The molecular formula is C15H22BNO4. The van der Waals surface area contributed by atoms with Gasteiger partial charge >= 0.3 is 13.2 Å². The van der Waals surface area contributed by atoms with Crippen LogP contribution in [-0.4, -0.2) is 31.5 Å². The van der Waals surface area contributed by atoms with E-state index in [2.05, 4.69) is 5.32 Å². The van der Waals surface area contributed by atoms with E-state index in [9.17, 15) is 4.79 Å². The number of amides is 1. The largest absolute Gasteiger partial charge is 0.494 e. The molecule has 0 aliphatic carbocycles. The first kappa shape index (κ1) is 15.9. The summed E-state index contributed by atoms with van der Waals surface area (Å²) in [5, 5.41) is 2.41. The van der Waals surface area contributed by atoms with Crippen LogP contribution in [0.15, 0.2) is 24.3 Å². The summed E-state index contributed by atoms with van der Waals surface area (Å²) in [5.74, 6) is 0. The predicted octanol–water partition coefficient (Wildman–Crippen LogP) is 1.84. The minimum Gasteiger partial charge on any atom is -0.445 e. The molecule has 1 aliphatic rings. The molecule has 1 N–H and O–H groups in total. The highest BCUT2D eigenvalue weighted by molar-refractivity contribution is 6.62. The molecule has 1 fully saturated rings. The molecule has 5 nitrogen and oxygen atoms in total. The zero-order valence-corrected chi connectivity index (χ0v) is 13.2. The molecule has 0 radical (unpaired) electrons. The van der Waals surface area contributed by atoms with E-state index in [0.29, 0.717) is 0 Å². The Morgan fingerprint density at radius 1 is 1.14 bits per heavy atom. The van der Waals surface area contributed by atoms with E-state index in [1.807, 2.05) is 52.0 Å². The molecule has 0 atom stereocenters. The number of alkyl carbamates (subject to hydrolysis) is 1. The second kappa shape index (κ2) is 5.69. The average Bonchev–Trinajstić information content (AvgIpc) is 2.65. The first-order valence-electron chi connectivity index (χ1n) is 7.04. The van der Waals surface area contributed by atoms with E-state index >= 15 is 0 Å². The van der Waals surface area contributed by atoms with E-state index in [-0.39, 0.29) is 24.9 Å². The van der Waals surface area contributed by atoms with Gasteiger partial charge in [0.1, 0.15) is 6.61 Å². The lowest BCUT2D eigenvalue weighted by Crippen LogP contribution is -2.41. The van der Waals surface area contributed by atoms with Crippen LogP contribution >= 0.6 is 0 Å². The molecule has 1 heterocycles. The Kier molecular flexibility index (Phi) is 4.30. The van der Waals surface area contributed by atoms with Gasteiger partial charge in [0.05, 0.1) is 11.2 Å². The van der Waals surface area contributed by atoms with Gasteiger partial charge in [0, 0.05) is 7.05 Å². The lowest BCUT2D eigenvalue weighted by atomic mass is 9.79. The summed E-state index contributed by atoms with van der Waals surface area (Å²) in [7, 11) is 1.16. The summed E-state index contributed by atoms with van der Waals surface area (Å²) in [6.07, 6.45) is -0.440. The summed E-state index contributed by atoms with van der Waals surface area (Å²) in [6, 6.07) is 7.68. The van der Waals surface area contributed by atoms with E-state index in [4.69, 9.17) is 14.0 Å². The molecule has 0 spiro atoms. The predicted molar refractivity (Wildman–Crippen MR) is 81.4 cm³/mol. The highest BCUT2D eigenvalue weighted by Gasteiger charge is 2.51. The summed E-state index contributed by atoms with van der Waals surface area (Å²) in [6.45, 7) is 8.34. The van der Waals surface area contributed by atoms with Gasteiger partial charge in [0.15, 0.2) is 0 Å². The lowest BCUT2D eigenvalue weighted by Gasteiger charge is -2.32. The van der Waals surface area contributed by atoms with Crippen LogP contribution in [0.25, 0.3) is 0 Å². The fourth-order valence-electron chi connectivity index (χ4n) is 1.97. The number of ether oxygens (including phenoxy) is 1. The molecule has 1 aromatic carbocycles. The first-order chi connectivity index (χ1) is 9.75. The Balaban J connectivity index is 2.02. The van der Waals surface area contributed by atoms with Crippen molar-refractivity contribution in [2.45, 2.75) is 45.5 Å². The van der Waals surface area contributed by atoms with Crippen LogP contribution in [0.3, 0.4) is 0 Å². The monoisotopic (exact) mass is 291 g/mol. The van der Waals surface area contributed by atoms with Gasteiger partial charge in [0.25, 0.3) is 0 Å². The molecule has 1 amide bonds. The van der Waals surface area contributed by atoms with Crippen molar-refractivity contribution in [3.8, 4) is 0 Å². The molecule has 1 aliphatic heterocycles. The molecule has 1 saturated heterocycles. The Morgan fingerprint density at radius 2 is 1.67 bits per heavy atom. The third-order valence-electron chi connectivity index (χ3n) is 4.08. The topological polar surface area (TPSA) is 56.8 Å². The zero-order chi connectivity index (χ0) is 15.7. The van der Waals surface area contributed by atoms with Crippen molar-refractivity contribution >= 4 is 18.7 Å². The summed E-state index contributed by atoms with van der Waals surface area (Å²) in [5.41, 5.74) is 1.17. The van der Waals surface area contributed by atoms with Gasteiger partial charge in [-0.1, -0.05) is 24.3 Å².